The fourth-order valence-corrected chi connectivity index (χ4v) is 3.61. The Kier molecular flexibility index (Phi) is 5.22. The topological polar surface area (TPSA) is 76.2 Å². The van der Waals surface area contributed by atoms with Crippen molar-refractivity contribution in [2.24, 2.45) is 7.05 Å². The quantitative estimate of drug-likeness (QED) is 0.755. The summed E-state index contributed by atoms with van der Waals surface area (Å²) in [6, 6.07) is 5.48. The molecule has 4 rings (SSSR count). The van der Waals surface area contributed by atoms with E-state index in [-0.39, 0.29) is 24.4 Å². The van der Waals surface area contributed by atoms with Gasteiger partial charge in [-0.3, -0.25) is 4.79 Å². The molecule has 132 valence electrons. The number of imidazole rings is 1. The zero-order valence-corrected chi connectivity index (χ0v) is 15.2. The van der Waals surface area contributed by atoms with Crippen LogP contribution in [0.4, 0.5) is 0 Å². The van der Waals surface area contributed by atoms with Crippen LogP contribution in [0.3, 0.4) is 0 Å². The van der Waals surface area contributed by atoms with Gasteiger partial charge in [0.05, 0.1) is 4.88 Å². The molecule has 1 aliphatic rings. The number of piperazine rings is 1. The molecule has 1 aliphatic heterocycles. The maximum Gasteiger partial charge on any atom is 0.276 e. The summed E-state index contributed by atoms with van der Waals surface area (Å²) in [5.41, 5.74) is 0.333. The van der Waals surface area contributed by atoms with Gasteiger partial charge in [-0.05, 0) is 11.4 Å². The molecule has 1 N–H and O–H groups in total. The molecule has 0 saturated carbocycles. The van der Waals surface area contributed by atoms with Crippen LogP contribution >= 0.6 is 23.7 Å². The zero-order valence-electron chi connectivity index (χ0n) is 13.6. The van der Waals surface area contributed by atoms with E-state index < -0.39 is 0 Å². The van der Waals surface area contributed by atoms with Gasteiger partial charge in [0, 0.05) is 45.1 Å². The third-order valence-electron chi connectivity index (χ3n) is 4.15. The SMILES string of the molecule is Cl.Cn1ccnc1C1CNCCN1C(=O)c1cc(-c2cccs2)on1. The third kappa shape index (κ3) is 3.33. The number of rotatable bonds is 3. The van der Waals surface area contributed by atoms with Crippen molar-refractivity contribution in [1.29, 1.82) is 0 Å². The highest BCUT2D eigenvalue weighted by Crippen LogP contribution is 2.27. The minimum atomic E-state index is -0.129. The van der Waals surface area contributed by atoms with Gasteiger partial charge in [-0.15, -0.1) is 23.7 Å². The number of nitrogens with zero attached hydrogens (tertiary/aromatic N) is 4. The minimum absolute atomic E-state index is 0. The van der Waals surface area contributed by atoms with E-state index in [1.807, 2.05) is 40.2 Å². The average molecular weight is 380 g/mol. The lowest BCUT2D eigenvalue weighted by atomic mass is 10.1. The van der Waals surface area contributed by atoms with Crippen LogP contribution in [-0.4, -0.2) is 45.1 Å². The normalized spacial score (nSPS) is 17.3. The van der Waals surface area contributed by atoms with E-state index in [0.29, 0.717) is 24.5 Å². The van der Waals surface area contributed by atoms with Crippen molar-refractivity contribution in [2.45, 2.75) is 6.04 Å². The van der Waals surface area contributed by atoms with Gasteiger partial charge >= 0.3 is 0 Å². The largest absolute Gasteiger partial charge is 0.355 e. The lowest BCUT2D eigenvalue weighted by molar-refractivity contribution is 0.0610. The molecule has 1 fully saturated rings. The Labute approximate surface area is 155 Å². The molecule has 4 heterocycles. The molecule has 0 spiro atoms. The number of amides is 1. The second-order valence-corrected chi connectivity index (χ2v) is 6.62. The molecule has 1 saturated heterocycles. The molecule has 1 unspecified atom stereocenters. The number of nitrogens with one attached hydrogen (secondary N) is 1. The van der Waals surface area contributed by atoms with Crippen LogP contribution in [0.5, 0.6) is 0 Å². The second kappa shape index (κ2) is 7.38. The molecule has 7 nitrogen and oxygen atoms in total. The summed E-state index contributed by atoms with van der Waals surface area (Å²) in [5, 5.41) is 9.27. The van der Waals surface area contributed by atoms with Gasteiger partial charge in [-0.25, -0.2) is 4.98 Å². The summed E-state index contributed by atoms with van der Waals surface area (Å²) in [6.45, 7) is 2.03. The van der Waals surface area contributed by atoms with Crippen molar-refractivity contribution < 1.29 is 9.32 Å². The van der Waals surface area contributed by atoms with E-state index in [1.165, 1.54) is 0 Å². The molecule has 25 heavy (non-hydrogen) atoms. The molecule has 0 bridgehead atoms. The highest BCUT2D eigenvalue weighted by molar-refractivity contribution is 7.13. The van der Waals surface area contributed by atoms with Gasteiger partial charge < -0.3 is 19.3 Å². The van der Waals surface area contributed by atoms with E-state index in [0.717, 1.165) is 17.2 Å². The van der Waals surface area contributed by atoms with E-state index in [9.17, 15) is 4.79 Å². The van der Waals surface area contributed by atoms with Crippen molar-refractivity contribution in [2.75, 3.05) is 19.6 Å². The van der Waals surface area contributed by atoms with Crippen molar-refractivity contribution in [3.63, 3.8) is 0 Å². The molecule has 0 aliphatic carbocycles. The summed E-state index contributed by atoms with van der Waals surface area (Å²) in [5.74, 6) is 1.35. The lowest BCUT2D eigenvalue weighted by Crippen LogP contribution is -2.49. The Hall–Kier alpha value is -2.16. The van der Waals surface area contributed by atoms with Crippen LogP contribution in [0.1, 0.15) is 22.4 Å². The van der Waals surface area contributed by atoms with E-state index in [4.69, 9.17) is 4.52 Å². The Bertz CT molecular complexity index is 844. The lowest BCUT2D eigenvalue weighted by Gasteiger charge is -2.35. The zero-order chi connectivity index (χ0) is 16.5. The van der Waals surface area contributed by atoms with Crippen LogP contribution in [-0.2, 0) is 7.05 Å². The van der Waals surface area contributed by atoms with Crippen LogP contribution < -0.4 is 5.32 Å². The predicted octanol–water partition coefficient (Wildman–Crippen LogP) is 2.35. The van der Waals surface area contributed by atoms with Gasteiger partial charge in [0.2, 0.25) is 0 Å². The summed E-state index contributed by atoms with van der Waals surface area (Å²) in [4.78, 5) is 20.1. The van der Waals surface area contributed by atoms with Crippen molar-refractivity contribution in [3.05, 3.63) is 47.5 Å². The van der Waals surface area contributed by atoms with E-state index in [2.05, 4.69) is 15.5 Å². The smallest absolute Gasteiger partial charge is 0.276 e. The molecule has 0 aromatic carbocycles. The number of carbonyl (C=O) groups is 1. The van der Waals surface area contributed by atoms with Gasteiger partial charge in [-0.2, -0.15) is 0 Å². The fraction of sp³-hybridized carbons (Fsp3) is 0.312. The first-order valence-corrected chi connectivity index (χ1v) is 8.61. The number of hydrogen-bond donors (Lipinski definition) is 1. The first kappa shape index (κ1) is 17.7. The summed E-state index contributed by atoms with van der Waals surface area (Å²) in [6.07, 6.45) is 3.63. The third-order valence-corrected chi connectivity index (χ3v) is 5.04. The summed E-state index contributed by atoms with van der Waals surface area (Å²) < 4.78 is 7.29. The maximum absolute atomic E-state index is 12.9. The Balaban J connectivity index is 0.00000182. The first-order valence-electron chi connectivity index (χ1n) is 7.73. The highest BCUT2D eigenvalue weighted by atomic mass is 35.5. The number of halogens is 1. The average Bonchev–Trinajstić information content (AvgIpc) is 3.35. The first-order chi connectivity index (χ1) is 11.7. The van der Waals surface area contributed by atoms with Gasteiger partial charge in [-0.1, -0.05) is 11.2 Å². The number of carbonyl (C=O) groups excluding carboxylic acids is 1. The van der Waals surface area contributed by atoms with Crippen molar-refractivity contribution in [1.82, 2.24) is 24.9 Å². The van der Waals surface area contributed by atoms with Crippen LogP contribution in [0.2, 0.25) is 0 Å². The van der Waals surface area contributed by atoms with Crippen LogP contribution in [0.25, 0.3) is 10.6 Å². The molecule has 9 heteroatoms. The number of aryl methyl sites for hydroxylation is 1. The Morgan fingerprint density at radius 3 is 3.08 bits per heavy atom. The molecular formula is C16H18ClN5O2S. The maximum atomic E-state index is 12.9. The number of thiophene rings is 1. The van der Waals surface area contributed by atoms with Crippen LogP contribution in [0.15, 0.2) is 40.5 Å². The second-order valence-electron chi connectivity index (χ2n) is 5.67. The van der Waals surface area contributed by atoms with E-state index in [1.54, 1.807) is 23.6 Å². The predicted molar refractivity (Wildman–Crippen MR) is 96.9 cm³/mol. The van der Waals surface area contributed by atoms with Gasteiger partial charge in [0.25, 0.3) is 5.91 Å². The number of aromatic nitrogens is 3. The molecule has 3 aromatic rings. The summed E-state index contributed by atoms with van der Waals surface area (Å²) >= 11 is 1.56. The van der Waals surface area contributed by atoms with Crippen molar-refractivity contribution in [3.8, 4) is 10.6 Å². The van der Waals surface area contributed by atoms with Crippen LogP contribution in [0, 0.1) is 0 Å². The minimum Gasteiger partial charge on any atom is -0.355 e. The molecule has 1 atom stereocenters. The Morgan fingerprint density at radius 2 is 2.36 bits per heavy atom. The highest BCUT2D eigenvalue weighted by Gasteiger charge is 2.32. The standard InChI is InChI=1S/C16H17N5O2S.ClH/c1-20-6-5-18-15(20)12-10-17-4-7-21(12)16(22)11-9-13(23-19-11)14-3-2-8-24-14;/h2-3,5-6,8-9,12,17H,4,7,10H2,1H3;1H. The van der Waals surface area contributed by atoms with Gasteiger partial charge in [0.1, 0.15) is 11.9 Å². The Morgan fingerprint density at radius 1 is 1.48 bits per heavy atom. The fourth-order valence-electron chi connectivity index (χ4n) is 2.93. The molecule has 0 radical (unpaired) electrons. The molecule has 1 amide bonds. The monoisotopic (exact) mass is 379 g/mol. The molecular weight excluding hydrogens is 362 g/mol. The molecule has 3 aromatic heterocycles. The summed E-state index contributed by atoms with van der Waals surface area (Å²) in [7, 11) is 1.94. The van der Waals surface area contributed by atoms with Gasteiger partial charge in [0.15, 0.2) is 11.5 Å². The number of hydrogen-bond acceptors (Lipinski definition) is 6. The van der Waals surface area contributed by atoms with E-state index >= 15 is 0 Å². The van der Waals surface area contributed by atoms with Crippen molar-refractivity contribution >= 4 is 29.7 Å².